The van der Waals surface area contributed by atoms with E-state index in [9.17, 15) is 9.59 Å². The second-order valence-corrected chi connectivity index (χ2v) is 5.17. The first-order chi connectivity index (χ1) is 11.5. The Labute approximate surface area is 140 Å². The zero-order chi connectivity index (χ0) is 17.5. The van der Waals surface area contributed by atoms with Gasteiger partial charge in [-0.2, -0.15) is 0 Å². The predicted octanol–water partition coefficient (Wildman–Crippen LogP) is 2.02. The maximum absolute atomic E-state index is 12.2. The second-order valence-electron chi connectivity index (χ2n) is 5.17. The van der Waals surface area contributed by atoms with Gasteiger partial charge in [0.1, 0.15) is 11.5 Å². The van der Waals surface area contributed by atoms with E-state index in [4.69, 9.17) is 9.47 Å². The van der Waals surface area contributed by atoms with Gasteiger partial charge in [-0.1, -0.05) is 30.3 Å². The summed E-state index contributed by atoms with van der Waals surface area (Å²) in [5.41, 5.74) is 6.78. The molecule has 126 valence electrons. The van der Waals surface area contributed by atoms with Crippen molar-refractivity contribution in [2.45, 2.75) is 13.3 Å². The lowest BCUT2D eigenvalue weighted by Crippen LogP contribution is -2.42. The lowest BCUT2D eigenvalue weighted by molar-refractivity contribution is -0.121. The van der Waals surface area contributed by atoms with Crippen LogP contribution in [0.15, 0.2) is 42.5 Å². The summed E-state index contributed by atoms with van der Waals surface area (Å²) in [7, 11) is 3.04. The highest BCUT2D eigenvalue weighted by Gasteiger charge is 2.14. The molecule has 2 aromatic carbocycles. The molecule has 6 nitrogen and oxygen atoms in total. The molecule has 2 aromatic rings. The molecule has 0 radical (unpaired) electrons. The molecule has 0 aromatic heterocycles. The quantitative estimate of drug-likeness (QED) is 0.823. The van der Waals surface area contributed by atoms with E-state index in [-0.39, 0.29) is 12.3 Å². The topological polar surface area (TPSA) is 76.7 Å². The SMILES string of the molecule is COc1cc(C(=O)NNC(=O)Cc2ccccc2)cc(OC)c1C. The van der Waals surface area contributed by atoms with E-state index < -0.39 is 5.91 Å². The van der Waals surface area contributed by atoms with Gasteiger partial charge in [0.2, 0.25) is 5.91 Å². The van der Waals surface area contributed by atoms with Gasteiger partial charge in [-0.15, -0.1) is 0 Å². The van der Waals surface area contributed by atoms with Crippen LogP contribution in [0.4, 0.5) is 0 Å². The third kappa shape index (κ3) is 4.25. The fourth-order valence-corrected chi connectivity index (χ4v) is 2.24. The molecule has 0 spiro atoms. The Bertz CT molecular complexity index is 704. The van der Waals surface area contributed by atoms with Gasteiger partial charge >= 0.3 is 0 Å². The number of carbonyl (C=O) groups is 2. The Kier molecular flexibility index (Phi) is 5.78. The van der Waals surface area contributed by atoms with Gasteiger partial charge in [0.15, 0.2) is 0 Å². The monoisotopic (exact) mass is 328 g/mol. The Hall–Kier alpha value is -3.02. The molecule has 0 saturated carbocycles. The summed E-state index contributed by atoms with van der Waals surface area (Å²) in [6.07, 6.45) is 0.182. The number of hydrogen-bond acceptors (Lipinski definition) is 4. The van der Waals surface area contributed by atoms with E-state index in [1.807, 2.05) is 37.3 Å². The number of hydrazine groups is 1. The maximum Gasteiger partial charge on any atom is 0.269 e. The molecule has 0 fully saturated rings. The Morgan fingerprint density at radius 3 is 2.08 bits per heavy atom. The normalized spacial score (nSPS) is 9.96. The van der Waals surface area contributed by atoms with Crippen LogP contribution in [0.1, 0.15) is 21.5 Å². The van der Waals surface area contributed by atoms with Crippen LogP contribution in [0.2, 0.25) is 0 Å². The summed E-state index contributed by atoms with van der Waals surface area (Å²) in [6.45, 7) is 1.83. The second kappa shape index (κ2) is 8.01. The van der Waals surface area contributed by atoms with E-state index in [0.29, 0.717) is 17.1 Å². The van der Waals surface area contributed by atoms with Crippen molar-refractivity contribution in [3.05, 3.63) is 59.2 Å². The van der Waals surface area contributed by atoms with Crippen LogP contribution in [0.3, 0.4) is 0 Å². The molecule has 2 rings (SSSR count). The Balaban J connectivity index is 2.01. The maximum atomic E-state index is 12.2. The van der Waals surface area contributed by atoms with Gasteiger partial charge in [-0.3, -0.25) is 20.4 Å². The Morgan fingerprint density at radius 1 is 0.958 bits per heavy atom. The molecule has 0 unspecified atom stereocenters. The van der Waals surface area contributed by atoms with Gasteiger partial charge in [-0.25, -0.2) is 0 Å². The van der Waals surface area contributed by atoms with Crippen LogP contribution in [-0.4, -0.2) is 26.0 Å². The lowest BCUT2D eigenvalue weighted by atomic mass is 10.1. The van der Waals surface area contributed by atoms with E-state index in [0.717, 1.165) is 11.1 Å². The van der Waals surface area contributed by atoms with Crippen molar-refractivity contribution in [1.29, 1.82) is 0 Å². The number of hydrogen-bond donors (Lipinski definition) is 2. The standard InChI is InChI=1S/C18H20N2O4/c1-12-15(23-2)10-14(11-16(12)24-3)18(22)20-19-17(21)9-13-7-5-4-6-8-13/h4-8,10-11H,9H2,1-3H3,(H,19,21)(H,20,22). The smallest absolute Gasteiger partial charge is 0.269 e. The van der Waals surface area contributed by atoms with Gasteiger partial charge in [0, 0.05) is 11.1 Å². The van der Waals surface area contributed by atoms with Crippen LogP contribution in [0, 0.1) is 6.92 Å². The van der Waals surface area contributed by atoms with Crippen molar-refractivity contribution < 1.29 is 19.1 Å². The summed E-state index contributed by atoms with van der Waals surface area (Å²) in [5, 5.41) is 0. The van der Waals surface area contributed by atoms with E-state index in [1.54, 1.807) is 12.1 Å². The number of nitrogens with one attached hydrogen (secondary N) is 2. The third-order valence-corrected chi connectivity index (χ3v) is 3.54. The van der Waals surface area contributed by atoms with Gasteiger partial charge in [0.25, 0.3) is 5.91 Å². The largest absolute Gasteiger partial charge is 0.496 e. The molecule has 0 aliphatic carbocycles. The molecule has 0 heterocycles. The van der Waals surface area contributed by atoms with E-state index in [2.05, 4.69) is 10.9 Å². The number of amides is 2. The molecule has 6 heteroatoms. The van der Waals surface area contributed by atoms with Crippen molar-refractivity contribution in [2.24, 2.45) is 0 Å². The first-order valence-corrected chi connectivity index (χ1v) is 7.41. The molecular formula is C18H20N2O4. The van der Waals surface area contributed by atoms with Gasteiger partial charge < -0.3 is 9.47 Å². The number of rotatable bonds is 5. The van der Waals surface area contributed by atoms with Crippen molar-refractivity contribution in [3.8, 4) is 11.5 Å². The summed E-state index contributed by atoms with van der Waals surface area (Å²) in [6, 6.07) is 12.5. The summed E-state index contributed by atoms with van der Waals surface area (Å²) >= 11 is 0. The molecule has 0 aliphatic rings. The van der Waals surface area contributed by atoms with Crippen molar-refractivity contribution in [3.63, 3.8) is 0 Å². The number of ether oxygens (including phenoxy) is 2. The number of methoxy groups -OCH3 is 2. The number of benzene rings is 2. The van der Waals surface area contributed by atoms with Crippen molar-refractivity contribution in [1.82, 2.24) is 10.9 Å². The summed E-state index contributed by atoms with van der Waals surface area (Å²) in [4.78, 5) is 24.1. The molecule has 0 bridgehead atoms. The first-order valence-electron chi connectivity index (χ1n) is 7.41. The zero-order valence-corrected chi connectivity index (χ0v) is 13.9. The average molecular weight is 328 g/mol. The highest BCUT2D eigenvalue weighted by Crippen LogP contribution is 2.29. The zero-order valence-electron chi connectivity index (χ0n) is 13.9. The molecule has 24 heavy (non-hydrogen) atoms. The minimum atomic E-state index is -0.451. The molecule has 2 amide bonds. The summed E-state index contributed by atoms with van der Waals surface area (Å²) < 4.78 is 10.5. The molecule has 0 aliphatic heterocycles. The van der Waals surface area contributed by atoms with E-state index >= 15 is 0 Å². The fraction of sp³-hybridized carbons (Fsp3) is 0.222. The third-order valence-electron chi connectivity index (χ3n) is 3.54. The van der Waals surface area contributed by atoms with Gasteiger partial charge in [-0.05, 0) is 24.6 Å². The van der Waals surface area contributed by atoms with Crippen LogP contribution < -0.4 is 20.3 Å². The highest BCUT2D eigenvalue weighted by atomic mass is 16.5. The Morgan fingerprint density at radius 2 is 1.54 bits per heavy atom. The van der Waals surface area contributed by atoms with Gasteiger partial charge in [0.05, 0.1) is 20.6 Å². The molecule has 0 atom stereocenters. The van der Waals surface area contributed by atoms with Crippen LogP contribution in [0.25, 0.3) is 0 Å². The number of carbonyl (C=O) groups excluding carboxylic acids is 2. The molecular weight excluding hydrogens is 308 g/mol. The van der Waals surface area contributed by atoms with Crippen molar-refractivity contribution >= 4 is 11.8 Å². The first kappa shape index (κ1) is 17.3. The highest BCUT2D eigenvalue weighted by molar-refractivity contribution is 5.96. The van der Waals surface area contributed by atoms with Crippen LogP contribution >= 0.6 is 0 Å². The molecule has 2 N–H and O–H groups in total. The minimum absolute atomic E-state index is 0.182. The van der Waals surface area contributed by atoms with Crippen molar-refractivity contribution in [2.75, 3.05) is 14.2 Å². The minimum Gasteiger partial charge on any atom is -0.496 e. The van der Waals surface area contributed by atoms with Crippen LogP contribution in [0.5, 0.6) is 11.5 Å². The van der Waals surface area contributed by atoms with Crippen LogP contribution in [-0.2, 0) is 11.2 Å². The van der Waals surface area contributed by atoms with E-state index in [1.165, 1.54) is 14.2 Å². The fourth-order valence-electron chi connectivity index (χ4n) is 2.24. The molecule has 0 saturated heterocycles. The average Bonchev–Trinajstić information content (AvgIpc) is 2.60. The lowest BCUT2D eigenvalue weighted by Gasteiger charge is -2.13. The predicted molar refractivity (Wildman–Crippen MR) is 90.0 cm³/mol. The summed E-state index contributed by atoms with van der Waals surface area (Å²) in [5.74, 6) is 0.318.